The van der Waals surface area contributed by atoms with E-state index in [9.17, 15) is 5.11 Å². The summed E-state index contributed by atoms with van der Waals surface area (Å²) < 4.78 is 5.40. The van der Waals surface area contributed by atoms with Gasteiger partial charge in [0, 0.05) is 11.1 Å². The number of hydrogen-bond acceptors (Lipinski definition) is 3. The van der Waals surface area contributed by atoms with E-state index in [1.807, 2.05) is 6.07 Å². The number of methoxy groups -OCH3 is 1. The van der Waals surface area contributed by atoms with E-state index in [2.05, 4.69) is 0 Å². The van der Waals surface area contributed by atoms with Gasteiger partial charge < -0.3 is 15.6 Å². The lowest BCUT2D eigenvalue weighted by atomic mass is 9.88. The fraction of sp³-hybridized carbons (Fsp3) is 0.538. The minimum atomic E-state index is 0.445. The van der Waals surface area contributed by atoms with Crippen molar-refractivity contribution in [3.63, 3.8) is 0 Å². The topological polar surface area (TPSA) is 55.5 Å². The molecule has 0 unspecified atom stereocenters. The molecule has 0 heterocycles. The molecule has 3 heteroatoms. The zero-order valence-corrected chi connectivity index (χ0v) is 9.75. The van der Waals surface area contributed by atoms with E-state index < -0.39 is 0 Å². The lowest BCUT2D eigenvalue weighted by Crippen LogP contribution is -2.09. The maximum absolute atomic E-state index is 10.2. The second-order valence-electron chi connectivity index (χ2n) is 4.29. The van der Waals surface area contributed by atoms with Gasteiger partial charge >= 0.3 is 0 Å². The summed E-state index contributed by atoms with van der Waals surface area (Å²) >= 11 is 0. The lowest BCUT2D eigenvalue weighted by Gasteiger charge is -2.22. The van der Waals surface area contributed by atoms with E-state index >= 15 is 0 Å². The highest BCUT2D eigenvalue weighted by Gasteiger charge is 2.20. The molecule has 1 aliphatic carbocycles. The van der Waals surface area contributed by atoms with Crippen molar-refractivity contribution in [2.45, 2.75) is 32.1 Å². The number of phenolic OH excluding ortho intramolecular Hbond substituents is 1. The van der Waals surface area contributed by atoms with Gasteiger partial charge in [-0.05, 0) is 50.3 Å². The number of ether oxygens (including phenoxy) is 1. The number of aromatic hydroxyl groups is 1. The first-order chi connectivity index (χ1) is 7.77. The van der Waals surface area contributed by atoms with Gasteiger partial charge in [0.05, 0.1) is 7.11 Å². The average molecular weight is 221 g/mol. The van der Waals surface area contributed by atoms with E-state index in [0.29, 0.717) is 18.7 Å². The van der Waals surface area contributed by atoms with E-state index in [1.54, 1.807) is 7.11 Å². The van der Waals surface area contributed by atoms with Crippen LogP contribution in [0.3, 0.4) is 0 Å². The number of phenols is 1. The molecular weight excluding hydrogens is 202 g/mol. The molecule has 3 N–H and O–H groups in total. The second kappa shape index (κ2) is 4.74. The molecule has 2 rings (SSSR count). The molecule has 0 saturated carbocycles. The fourth-order valence-corrected chi connectivity index (χ4v) is 2.47. The van der Waals surface area contributed by atoms with Gasteiger partial charge in [-0.25, -0.2) is 0 Å². The van der Waals surface area contributed by atoms with Crippen LogP contribution in [0.25, 0.3) is 0 Å². The largest absolute Gasteiger partial charge is 0.507 e. The molecule has 0 bridgehead atoms. The van der Waals surface area contributed by atoms with Gasteiger partial charge in [0.1, 0.15) is 11.5 Å². The van der Waals surface area contributed by atoms with Crippen molar-refractivity contribution in [1.29, 1.82) is 0 Å². The summed E-state index contributed by atoms with van der Waals surface area (Å²) in [6.07, 6.45) is 5.00. The summed E-state index contributed by atoms with van der Waals surface area (Å²) in [5.74, 6) is 1.36. The van der Waals surface area contributed by atoms with Gasteiger partial charge in [-0.1, -0.05) is 0 Å². The maximum atomic E-state index is 10.2. The molecule has 1 aromatic rings. The zero-order chi connectivity index (χ0) is 11.5. The Kier molecular flexibility index (Phi) is 3.34. The molecule has 0 aromatic heterocycles. The SMILES string of the molecule is COc1cc(CCN)c(O)c2c1CCCC2. The van der Waals surface area contributed by atoms with Crippen LogP contribution in [0, 0.1) is 0 Å². The van der Waals surface area contributed by atoms with Crippen LogP contribution in [-0.2, 0) is 19.3 Å². The molecule has 1 aromatic carbocycles. The Morgan fingerprint density at radius 1 is 1.31 bits per heavy atom. The zero-order valence-electron chi connectivity index (χ0n) is 9.75. The van der Waals surface area contributed by atoms with Gasteiger partial charge in [-0.3, -0.25) is 0 Å². The van der Waals surface area contributed by atoms with Crippen molar-refractivity contribution in [1.82, 2.24) is 0 Å². The third kappa shape index (κ3) is 1.87. The van der Waals surface area contributed by atoms with E-state index in [-0.39, 0.29) is 0 Å². The predicted octanol–water partition coefficient (Wildman–Crippen LogP) is 1.78. The minimum Gasteiger partial charge on any atom is -0.507 e. The van der Waals surface area contributed by atoms with Gasteiger partial charge in [-0.2, -0.15) is 0 Å². The third-order valence-corrected chi connectivity index (χ3v) is 3.29. The van der Waals surface area contributed by atoms with Crippen molar-refractivity contribution in [3.05, 3.63) is 22.8 Å². The molecule has 0 aliphatic heterocycles. The number of nitrogens with two attached hydrogens (primary N) is 1. The highest BCUT2D eigenvalue weighted by molar-refractivity contribution is 5.54. The van der Waals surface area contributed by atoms with Gasteiger partial charge in [0.15, 0.2) is 0 Å². The van der Waals surface area contributed by atoms with Crippen LogP contribution in [0.15, 0.2) is 6.07 Å². The predicted molar refractivity (Wildman–Crippen MR) is 64.1 cm³/mol. The molecule has 0 amide bonds. The van der Waals surface area contributed by atoms with Crippen molar-refractivity contribution in [2.24, 2.45) is 5.73 Å². The van der Waals surface area contributed by atoms with Crippen molar-refractivity contribution >= 4 is 0 Å². The molecule has 3 nitrogen and oxygen atoms in total. The second-order valence-corrected chi connectivity index (χ2v) is 4.29. The average Bonchev–Trinajstić information content (AvgIpc) is 2.33. The molecule has 1 aliphatic rings. The normalized spacial score (nSPS) is 14.6. The summed E-state index contributed by atoms with van der Waals surface area (Å²) in [6.45, 7) is 0.551. The first-order valence-electron chi connectivity index (χ1n) is 5.88. The van der Waals surface area contributed by atoms with Crippen LogP contribution in [0.1, 0.15) is 29.5 Å². The molecule has 16 heavy (non-hydrogen) atoms. The van der Waals surface area contributed by atoms with Crippen LogP contribution in [-0.4, -0.2) is 18.8 Å². The number of fused-ring (bicyclic) bond motifs is 1. The Balaban J connectivity index is 2.51. The lowest BCUT2D eigenvalue weighted by molar-refractivity contribution is 0.398. The Bertz CT molecular complexity index is 388. The third-order valence-electron chi connectivity index (χ3n) is 3.29. The fourth-order valence-electron chi connectivity index (χ4n) is 2.47. The van der Waals surface area contributed by atoms with Crippen LogP contribution in [0.2, 0.25) is 0 Å². The smallest absolute Gasteiger partial charge is 0.122 e. The summed E-state index contributed by atoms with van der Waals surface area (Å²) in [5, 5.41) is 10.2. The van der Waals surface area contributed by atoms with Crippen LogP contribution in [0.4, 0.5) is 0 Å². The minimum absolute atomic E-state index is 0.445. The number of benzene rings is 1. The van der Waals surface area contributed by atoms with Crippen molar-refractivity contribution < 1.29 is 9.84 Å². The Morgan fingerprint density at radius 2 is 2.00 bits per heavy atom. The molecule has 0 atom stereocenters. The van der Waals surface area contributed by atoms with E-state index in [0.717, 1.165) is 36.1 Å². The Hall–Kier alpha value is -1.22. The number of rotatable bonds is 3. The van der Waals surface area contributed by atoms with Gasteiger partial charge in [0.2, 0.25) is 0 Å². The molecule has 88 valence electrons. The van der Waals surface area contributed by atoms with Crippen LogP contribution in [0.5, 0.6) is 11.5 Å². The van der Waals surface area contributed by atoms with Crippen molar-refractivity contribution in [2.75, 3.05) is 13.7 Å². The van der Waals surface area contributed by atoms with Crippen LogP contribution >= 0.6 is 0 Å². The first kappa shape index (κ1) is 11.3. The van der Waals surface area contributed by atoms with E-state index in [1.165, 1.54) is 12.0 Å². The maximum Gasteiger partial charge on any atom is 0.122 e. The summed E-state index contributed by atoms with van der Waals surface area (Å²) in [7, 11) is 1.69. The quantitative estimate of drug-likeness (QED) is 0.818. The van der Waals surface area contributed by atoms with Gasteiger partial charge in [-0.15, -0.1) is 0 Å². The Morgan fingerprint density at radius 3 is 2.62 bits per heavy atom. The monoisotopic (exact) mass is 221 g/mol. The van der Waals surface area contributed by atoms with Crippen LogP contribution < -0.4 is 10.5 Å². The standard InChI is InChI=1S/C13H19NO2/c1-16-12-8-9(6-7-14)13(15)11-5-3-2-4-10(11)12/h8,15H,2-7,14H2,1H3. The highest BCUT2D eigenvalue weighted by atomic mass is 16.5. The van der Waals surface area contributed by atoms with Crippen molar-refractivity contribution in [3.8, 4) is 11.5 Å². The molecular formula is C13H19NO2. The molecule has 0 radical (unpaired) electrons. The summed E-state index contributed by atoms with van der Waals surface area (Å²) in [4.78, 5) is 0. The molecule has 0 fully saturated rings. The van der Waals surface area contributed by atoms with E-state index in [4.69, 9.17) is 10.5 Å². The highest BCUT2D eigenvalue weighted by Crippen LogP contribution is 2.38. The molecule has 0 spiro atoms. The summed E-state index contributed by atoms with van der Waals surface area (Å²) in [6, 6.07) is 1.94. The first-order valence-corrected chi connectivity index (χ1v) is 5.88. The Labute approximate surface area is 96.2 Å². The number of hydrogen-bond donors (Lipinski definition) is 2. The summed E-state index contributed by atoms with van der Waals surface area (Å²) in [5.41, 5.74) is 8.73. The van der Waals surface area contributed by atoms with Gasteiger partial charge in [0.25, 0.3) is 0 Å². The molecule has 0 saturated heterocycles.